The summed E-state index contributed by atoms with van der Waals surface area (Å²) in [7, 11) is 0. The molecule has 15 heavy (non-hydrogen) atoms. The lowest BCUT2D eigenvalue weighted by Gasteiger charge is -2.14. The number of alkyl halides is 3. The molecule has 2 nitrogen and oxygen atoms in total. The highest BCUT2D eigenvalue weighted by Gasteiger charge is 2.32. The van der Waals surface area contributed by atoms with E-state index in [9.17, 15) is 17.7 Å². The first-order valence-corrected chi connectivity index (χ1v) is 3.99. The summed E-state index contributed by atoms with van der Waals surface area (Å²) in [5.41, 5.74) is 0.306. The van der Waals surface area contributed by atoms with Gasteiger partial charge in [0.25, 0.3) is 0 Å². The summed E-state index contributed by atoms with van der Waals surface area (Å²) in [6, 6.07) is 2.24. The Morgan fingerprint density at radius 2 is 1.53 bits per heavy atom. The van der Waals surface area contributed by atoms with Crippen LogP contribution in [0.4, 0.5) is 17.7 Å². The van der Waals surface area contributed by atoms with Gasteiger partial charge in [0.2, 0.25) is 0 Å². The van der Waals surface area contributed by atoms with E-state index in [1.165, 1.54) is 13.8 Å². The summed E-state index contributed by atoms with van der Waals surface area (Å²) in [4.78, 5) is 3.42. The Hall–Kier alpha value is -1.46. The molecule has 84 valence electrons. The van der Waals surface area contributed by atoms with Gasteiger partial charge < -0.3 is 4.74 Å². The van der Waals surface area contributed by atoms with Crippen LogP contribution in [0.1, 0.15) is 11.1 Å². The molecule has 0 saturated heterocycles. The molecule has 0 atom stereocenters. The number of halogens is 4. The monoisotopic (exact) mass is 224 g/mol. The van der Waals surface area contributed by atoms with E-state index in [1.807, 2.05) is 0 Å². The number of benzene rings is 1. The zero-order valence-corrected chi connectivity index (χ0v) is 7.98. The van der Waals surface area contributed by atoms with Crippen LogP contribution in [0.3, 0.4) is 0 Å². The van der Waals surface area contributed by atoms with Crippen molar-refractivity contribution in [1.29, 1.82) is 0 Å². The van der Waals surface area contributed by atoms with Crippen LogP contribution in [0.15, 0.2) is 12.1 Å². The molecule has 0 N–H and O–H groups in total. The van der Waals surface area contributed by atoms with Crippen molar-refractivity contribution in [2.75, 3.05) is 0 Å². The quantitative estimate of drug-likeness (QED) is 0.716. The van der Waals surface area contributed by atoms with E-state index in [0.29, 0.717) is 0 Å². The minimum Gasteiger partial charge on any atom is -0.405 e. The normalized spacial score (nSPS) is 11.3. The molecule has 0 aliphatic heterocycles. The summed E-state index contributed by atoms with van der Waals surface area (Å²) < 4.78 is 51.4. The van der Waals surface area contributed by atoms with Gasteiger partial charge in [0.05, 0.1) is 0 Å². The second kappa shape index (κ2) is 3.96. The maximum Gasteiger partial charge on any atom is 0.573 e. The van der Waals surface area contributed by atoms with Crippen LogP contribution in [-0.2, 0) is 0 Å². The second-order valence-electron chi connectivity index (χ2n) is 3.01. The molecule has 0 aliphatic carbocycles. The lowest BCUT2D eigenvalue weighted by Crippen LogP contribution is -2.18. The summed E-state index contributed by atoms with van der Waals surface area (Å²) >= 11 is 0. The number of aryl methyl sites for hydroxylation is 2. The Kier molecular flexibility index (Phi) is 3.06. The molecule has 0 bridgehead atoms. The molecule has 0 amide bonds. The first-order valence-electron chi connectivity index (χ1n) is 3.99. The molecule has 6 heteroatoms. The number of hydrogen-bond donors (Lipinski definition) is 0. The molecule has 0 saturated carbocycles. The molecule has 0 spiro atoms. The average Bonchev–Trinajstić information content (AvgIpc) is 2.09. The van der Waals surface area contributed by atoms with Gasteiger partial charge in [-0.15, -0.1) is 13.2 Å². The van der Waals surface area contributed by atoms with Crippen molar-refractivity contribution in [3.8, 4) is 11.5 Å². The Balaban J connectivity index is 3.09. The van der Waals surface area contributed by atoms with Crippen LogP contribution < -0.4 is 9.68 Å². The predicted octanol–water partition coefficient (Wildman–Crippen LogP) is 3.47. The Morgan fingerprint density at radius 1 is 1.07 bits per heavy atom. The highest BCUT2D eigenvalue weighted by molar-refractivity contribution is 5.45. The highest BCUT2D eigenvalue weighted by atomic mass is 19.4. The molecule has 0 aromatic heterocycles. The smallest absolute Gasteiger partial charge is 0.405 e. The molecule has 1 rings (SSSR count). The van der Waals surface area contributed by atoms with Crippen molar-refractivity contribution in [3.05, 3.63) is 23.3 Å². The molecular weight excluding hydrogens is 216 g/mol. The average molecular weight is 224 g/mol. The van der Waals surface area contributed by atoms with Crippen molar-refractivity contribution in [2.45, 2.75) is 20.2 Å². The van der Waals surface area contributed by atoms with Gasteiger partial charge in [0.1, 0.15) is 5.75 Å². The molecule has 0 unspecified atom stereocenters. The molecule has 0 heterocycles. The number of hydrogen-bond acceptors (Lipinski definition) is 2. The standard InChI is InChI=1S/C9H8F4O2/c1-5-3-7(15-13)4-6(2)8(5)14-9(10,11)12/h3-4H,1-2H3. The van der Waals surface area contributed by atoms with Gasteiger partial charge in [0.15, 0.2) is 5.75 Å². The van der Waals surface area contributed by atoms with E-state index in [2.05, 4.69) is 9.68 Å². The van der Waals surface area contributed by atoms with E-state index in [1.54, 1.807) is 0 Å². The molecular formula is C9H8F4O2. The number of rotatable bonds is 2. The second-order valence-corrected chi connectivity index (χ2v) is 3.01. The number of ether oxygens (including phenoxy) is 1. The van der Waals surface area contributed by atoms with Crippen LogP contribution in [0.2, 0.25) is 0 Å². The van der Waals surface area contributed by atoms with E-state index in [4.69, 9.17) is 0 Å². The zero-order chi connectivity index (χ0) is 11.6. The molecule has 1 aromatic carbocycles. The summed E-state index contributed by atoms with van der Waals surface area (Å²) in [5, 5.41) is 0. The van der Waals surface area contributed by atoms with Crippen LogP contribution in [-0.4, -0.2) is 6.36 Å². The van der Waals surface area contributed by atoms with Gasteiger partial charge in [-0.1, -0.05) is 0 Å². The molecule has 0 aliphatic rings. The Morgan fingerprint density at radius 3 is 1.87 bits per heavy atom. The largest absolute Gasteiger partial charge is 0.573 e. The van der Waals surface area contributed by atoms with Crippen molar-refractivity contribution >= 4 is 0 Å². The van der Waals surface area contributed by atoms with Gasteiger partial charge in [-0.25, -0.2) is 0 Å². The Labute approximate surface area is 83.3 Å². The molecule has 0 fully saturated rings. The minimum absolute atomic E-state index is 0.153. The summed E-state index contributed by atoms with van der Waals surface area (Å²) in [6.45, 7) is 2.74. The lowest BCUT2D eigenvalue weighted by atomic mass is 10.1. The SMILES string of the molecule is Cc1cc(OF)cc(C)c1OC(F)(F)F. The first-order chi connectivity index (χ1) is 6.83. The topological polar surface area (TPSA) is 18.5 Å². The summed E-state index contributed by atoms with van der Waals surface area (Å²) in [5.74, 6) is -0.483. The van der Waals surface area contributed by atoms with Crippen LogP contribution >= 0.6 is 0 Å². The van der Waals surface area contributed by atoms with Crippen molar-refractivity contribution in [1.82, 2.24) is 0 Å². The molecule has 1 aromatic rings. The van der Waals surface area contributed by atoms with Gasteiger partial charge in [-0.3, -0.25) is 4.94 Å². The fourth-order valence-corrected chi connectivity index (χ4v) is 1.23. The third-order valence-electron chi connectivity index (χ3n) is 1.74. The molecule has 0 radical (unpaired) electrons. The first kappa shape index (κ1) is 11.6. The predicted molar refractivity (Wildman–Crippen MR) is 44.3 cm³/mol. The lowest BCUT2D eigenvalue weighted by molar-refractivity contribution is -0.275. The maximum absolute atomic E-state index is 12.0. The fraction of sp³-hybridized carbons (Fsp3) is 0.333. The zero-order valence-electron chi connectivity index (χ0n) is 7.98. The van der Waals surface area contributed by atoms with E-state index >= 15 is 0 Å². The van der Waals surface area contributed by atoms with Crippen LogP contribution in [0.25, 0.3) is 0 Å². The minimum atomic E-state index is -4.76. The third kappa shape index (κ3) is 3.00. The van der Waals surface area contributed by atoms with Crippen LogP contribution in [0, 0.1) is 13.8 Å². The van der Waals surface area contributed by atoms with Crippen molar-refractivity contribution in [2.24, 2.45) is 0 Å². The van der Waals surface area contributed by atoms with E-state index in [0.717, 1.165) is 12.1 Å². The van der Waals surface area contributed by atoms with E-state index < -0.39 is 6.36 Å². The maximum atomic E-state index is 12.0. The van der Waals surface area contributed by atoms with Gasteiger partial charge in [0, 0.05) is 4.53 Å². The summed E-state index contributed by atoms with van der Waals surface area (Å²) in [6.07, 6.45) is -4.76. The van der Waals surface area contributed by atoms with Crippen LogP contribution in [0.5, 0.6) is 11.5 Å². The van der Waals surface area contributed by atoms with Gasteiger partial charge >= 0.3 is 6.36 Å². The van der Waals surface area contributed by atoms with Gasteiger partial charge in [-0.2, -0.15) is 0 Å². The Bertz CT molecular complexity index is 337. The van der Waals surface area contributed by atoms with Gasteiger partial charge in [-0.05, 0) is 37.1 Å². The third-order valence-corrected chi connectivity index (χ3v) is 1.74. The van der Waals surface area contributed by atoms with E-state index in [-0.39, 0.29) is 22.6 Å². The fourth-order valence-electron chi connectivity index (χ4n) is 1.23. The van der Waals surface area contributed by atoms with Crippen molar-refractivity contribution in [3.63, 3.8) is 0 Å². The highest BCUT2D eigenvalue weighted by Crippen LogP contribution is 2.32. The van der Waals surface area contributed by atoms with Crippen molar-refractivity contribution < 1.29 is 27.4 Å².